The van der Waals surface area contributed by atoms with Crippen molar-refractivity contribution in [1.82, 2.24) is 20.1 Å². The van der Waals surface area contributed by atoms with E-state index < -0.39 is 0 Å². The number of benzene rings is 2. The molecule has 0 aliphatic carbocycles. The molecule has 7 nitrogen and oxygen atoms in total. The van der Waals surface area contributed by atoms with Crippen LogP contribution in [0.4, 0.5) is 5.69 Å². The maximum atomic E-state index is 12.3. The van der Waals surface area contributed by atoms with E-state index in [0.717, 1.165) is 0 Å². The van der Waals surface area contributed by atoms with Crippen molar-refractivity contribution in [2.75, 3.05) is 11.1 Å². The molecule has 1 aromatic heterocycles. The first-order valence-corrected chi connectivity index (χ1v) is 10.7. The molecule has 3 rings (SSSR count). The number of hydrogen-bond donors (Lipinski definition) is 2. The molecule has 3 aromatic rings. The number of nitrogens with one attached hydrogen (secondary N) is 2. The predicted octanol–water partition coefficient (Wildman–Crippen LogP) is 4.34. The summed E-state index contributed by atoms with van der Waals surface area (Å²) in [6.45, 7) is 1.83. The third-order valence-electron chi connectivity index (χ3n) is 4.12. The van der Waals surface area contributed by atoms with Crippen molar-refractivity contribution < 1.29 is 9.59 Å². The Balaban J connectivity index is 1.58. The summed E-state index contributed by atoms with van der Waals surface area (Å²) in [6.07, 6.45) is 0. The third kappa shape index (κ3) is 5.75. The van der Waals surface area contributed by atoms with Crippen LogP contribution >= 0.6 is 35.0 Å². The summed E-state index contributed by atoms with van der Waals surface area (Å²) in [7, 11) is 1.79. The first kappa shape index (κ1) is 22.1. The molecule has 1 heterocycles. The number of carbonyl (C=O) groups is 2. The van der Waals surface area contributed by atoms with E-state index in [0.29, 0.717) is 32.3 Å². The second-order valence-corrected chi connectivity index (χ2v) is 8.27. The Kier molecular flexibility index (Phi) is 7.36. The van der Waals surface area contributed by atoms with Crippen LogP contribution in [0.5, 0.6) is 0 Å². The van der Waals surface area contributed by atoms with Crippen LogP contribution in [-0.2, 0) is 11.8 Å². The van der Waals surface area contributed by atoms with E-state index in [2.05, 4.69) is 20.8 Å². The molecule has 2 aromatic carbocycles. The molecular formula is C20H19Cl2N5O2S. The lowest BCUT2D eigenvalue weighted by Gasteiger charge is -2.13. The zero-order valence-corrected chi connectivity index (χ0v) is 18.6. The molecule has 0 saturated carbocycles. The SMILES string of the molecule is C[C@@H](NC(=O)c1ccccc1)c1nnc(SCC(=O)Nc2cc(Cl)cc(Cl)c2)n1C. The number of anilines is 1. The molecule has 0 bridgehead atoms. The fraction of sp³-hybridized carbons (Fsp3) is 0.200. The summed E-state index contributed by atoms with van der Waals surface area (Å²) in [6, 6.07) is 13.4. The summed E-state index contributed by atoms with van der Waals surface area (Å²) < 4.78 is 1.75. The van der Waals surface area contributed by atoms with Crippen molar-refractivity contribution in [3.05, 3.63) is 70.0 Å². The fourth-order valence-electron chi connectivity index (χ4n) is 2.72. The summed E-state index contributed by atoms with van der Waals surface area (Å²) in [5.74, 6) is 0.290. The van der Waals surface area contributed by atoms with Gasteiger partial charge in [0.2, 0.25) is 5.91 Å². The maximum absolute atomic E-state index is 12.3. The van der Waals surface area contributed by atoms with Crippen LogP contribution in [0.1, 0.15) is 29.1 Å². The number of nitrogens with zero attached hydrogens (tertiary/aromatic N) is 3. The van der Waals surface area contributed by atoms with E-state index >= 15 is 0 Å². The van der Waals surface area contributed by atoms with Gasteiger partial charge in [0.1, 0.15) is 0 Å². The van der Waals surface area contributed by atoms with Crippen LogP contribution in [0.25, 0.3) is 0 Å². The van der Waals surface area contributed by atoms with Crippen LogP contribution in [-0.4, -0.2) is 32.3 Å². The average molecular weight is 464 g/mol. The van der Waals surface area contributed by atoms with Gasteiger partial charge in [-0.3, -0.25) is 9.59 Å². The van der Waals surface area contributed by atoms with Crippen molar-refractivity contribution in [3.8, 4) is 0 Å². The van der Waals surface area contributed by atoms with E-state index in [1.54, 1.807) is 54.1 Å². The monoisotopic (exact) mass is 463 g/mol. The lowest BCUT2D eigenvalue weighted by Crippen LogP contribution is -2.28. The summed E-state index contributed by atoms with van der Waals surface area (Å²) in [4.78, 5) is 24.6. The molecule has 1 atom stereocenters. The second kappa shape index (κ2) is 9.97. The van der Waals surface area contributed by atoms with Gasteiger partial charge in [0, 0.05) is 28.3 Å². The van der Waals surface area contributed by atoms with Crippen molar-refractivity contribution in [2.24, 2.45) is 7.05 Å². The Labute approximate surface area is 188 Å². The molecule has 156 valence electrons. The lowest BCUT2D eigenvalue weighted by atomic mass is 10.2. The van der Waals surface area contributed by atoms with Crippen LogP contribution < -0.4 is 10.6 Å². The Hall–Kier alpha value is -2.55. The zero-order valence-electron chi connectivity index (χ0n) is 16.2. The van der Waals surface area contributed by atoms with Gasteiger partial charge in [-0.25, -0.2) is 0 Å². The molecule has 0 saturated heterocycles. The fourth-order valence-corrected chi connectivity index (χ4v) is 3.96. The highest BCUT2D eigenvalue weighted by Gasteiger charge is 2.19. The Morgan fingerprint density at radius 2 is 1.77 bits per heavy atom. The Morgan fingerprint density at radius 3 is 2.43 bits per heavy atom. The molecule has 0 radical (unpaired) electrons. The van der Waals surface area contributed by atoms with Gasteiger partial charge in [0.15, 0.2) is 11.0 Å². The first-order chi connectivity index (χ1) is 14.3. The molecule has 0 unspecified atom stereocenters. The number of halogens is 2. The van der Waals surface area contributed by atoms with Crippen LogP contribution in [0.15, 0.2) is 53.7 Å². The highest BCUT2D eigenvalue weighted by molar-refractivity contribution is 7.99. The molecule has 30 heavy (non-hydrogen) atoms. The van der Waals surface area contributed by atoms with Gasteiger partial charge in [-0.15, -0.1) is 10.2 Å². The Morgan fingerprint density at radius 1 is 1.10 bits per heavy atom. The summed E-state index contributed by atoms with van der Waals surface area (Å²) >= 11 is 13.1. The van der Waals surface area contributed by atoms with Crippen LogP contribution in [0.2, 0.25) is 10.0 Å². The van der Waals surface area contributed by atoms with E-state index in [9.17, 15) is 9.59 Å². The molecule has 2 amide bonds. The second-order valence-electron chi connectivity index (χ2n) is 6.46. The number of aromatic nitrogens is 3. The molecule has 0 aliphatic rings. The molecule has 10 heteroatoms. The van der Waals surface area contributed by atoms with E-state index in [1.165, 1.54) is 11.8 Å². The zero-order chi connectivity index (χ0) is 21.7. The summed E-state index contributed by atoms with van der Waals surface area (Å²) in [5.41, 5.74) is 1.09. The highest BCUT2D eigenvalue weighted by atomic mass is 35.5. The normalized spacial score (nSPS) is 11.7. The van der Waals surface area contributed by atoms with Crippen LogP contribution in [0, 0.1) is 0 Å². The standard InChI is InChI=1S/C20H19Cl2N5O2S/c1-12(23-19(29)13-6-4-3-5-7-13)18-25-26-20(27(18)2)30-11-17(28)24-16-9-14(21)8-15(22)10-16/h3-10,12H,11H2,1-2H3,(H,23,29)(H,24,28)/t12-/m1/s1. The third-order valence-corrected chi connectivity index (χ3v) is 5.57. The largest absolute Gasteiger partial charge is 0.342 e. The molecule has 0 spiro atoms. The van der Waals surface area contributed by atoms with Gasteiger partial charge < -0.3 is 15.2 Å². The number of thioether (sulfide) groups is 1. The number of amides is 2. The van der Waals surface area contributed by atoms with Gasteiger partial charge in [0.05, 0.1) is 11.8 Å². The number of rotatable bonds is 7. The van der Waals surface area contributed by atoms with E-state index in [-0.39, 0.29) is 23.6 Å². The van der Waals surface area contributed by atoms with Crippen LogP contribution in [0.3, 0.4) is 0 Å². The molecule has 2 N–H and O–H groups in total. The predicted molar refractivity (Wildman–Crippen MR) is 119 cm³/mol. The van der Waals surface area contributed by atoms with E-state index in [4.69, 9.17) is 23.2 Å². The lowest BCUT2D eigenvalue weighted by molar-refractivity contribution is -0.113. The van der Waals surface area contributed by atoms with Crippen molar-refractivity contribution >= 4 is 52.5 Å². The van der Waals surface area contributed by atoms with Gasteiger partial charge in [-0.2, -0.15) is 0 Å². The van der Waals surface area contributed by atoms with Gasteiger partial charge in [-0.1, -0.05) is 53.2 Å². The van der Waals surface area contributed by atoms with Gasteiger partial charge in [0.25, 0.3) is 5.91 Å². The minimum absolute atomic E-state index is 0.126. The van der Waals surface area contributed by atoms with Crippen molar-refractivity contribution in [3.63, 3.8) is 0 Å². The van der Waals surface area contributed by atoms with Crippen molar-refractivity contribution in [1.29, 1.82) is 0 Å². The topological polar surface area (TPSA) is 88.9 Å². The first-order valence-electron chi connectivity index (χ1n) is 8.97. The van der Waals surface area contributed by atoms with Crippen molar-refractivity contribution in [2.45, 2.75) is 18.1 Å². The summed E-state index contributed by atoms with van der Waals surface area (Å²) in [5, 5.41) is 15.4. The minimum Gasteiger partial charge on any atom is -0.342 e. The molecule has 0 aliphatic heterocycles. The maximum Gasteiger partial charge on any atom is 0.251 e. The number of carbonyl (C=O) groups excluding carboxylic acids is 2. The van der Waals surface area contributed by atoms with Gasteiger partial charge in [-0.05, 0) is 37.3 Å². The molecule has 0 fully saturated rings. The minimum atomic E-state index is -0.355. The average Bonchev–Trinajstić information content (AvgIpc) is 3.06. The number of hydrogen-bond acceptors (Lipinski definition) is 5. The quantitative estimate of drug-likeness (QED) is 0.508. The Bertz CT molecular complexity index is 1040. The molecular weight excluding hydrogens is 445 g/mol. The highest BCUT2D eigenvalue weighted by Crippen LogP contribution is 2.23. The smallest absolute Gasteiger partial charge is 0.251 e. The van der Waals surface area contributed by atoms with Gasteiger partial charge >= 0.3 is 0 Å². The van der Waals surface area contributed by atoms with E-state index in [1.807, 2.05) is 13.0 Å².